The highest BCUT2D eigenvalue weighted by atomic mass is 35.5. The number of fused-ring (bicyclic) bond motifs is 1. The summed E-state index contributed by atoms with van der Waals surface area (Å²) in [6.07, 6.45) is 3.07. The lowest BCUT2D eigenvalue weighted by molar-refractivity contribution is 0.122. The first-order valence-corrected chi connectivity index (χ1v) is 13.0. The highest BCUT2D eigenvalue weighted by molar-refractivity contribution is 6.42. The number of urea groups is 1. The third-order valence-electron chi connectivity index (χ3n) is 7.09. The van der Waals surface area contributed by atoms with Gasteiger partial charge in [0, 0.05) is 50.5 Å². The Morgan fingerprint density at radius 2 is 1.74 bits per heavy atom. The second kappa shape index (κ2) is 9.99. The molecule has 1 N–H and O–H groups in total. The fourth-order valence-corrected chi connectivity index (χ4v) is 5.27. The van der Waals surface area contributed by atoms with Gasteiger partial charge in [-0.05, 0) is 42.9 Å². The second-order valence-electron chi connectivity index (χ2n) is 10.2. The van der Waals surface area contributed by atoms with Gasteiger partial charge in [-0.15, -0.1) is 0 Å². The molecule has 2 aromatic rings. The SMILES string of the molecule is CC1(C)CCc2c(nc(N3CCOCC3)nc2N2CCN(C(=O)Nc3ccc(Cl)c(Cl)c3)CC2)C1. The molecule has 3 heterocycles. The summed E-state index contributed by atoms with van der Waals surface area (Å²) in [5.41, 5.74) is 3.32. The highest BCUT2D eigenvalue weighted by Gasteiger charge is 2.33. The fourth-order valence-electron chi connectivity index (χ4n) is 4.98. The predicted octanol–water partition coefficient (Wildman–Crippen LogP) is 4.49. The van der Waals surface area contributed by atoms with E-state index in [9.17, 15) is 4.79 Å². The Hall–Kier alpha value is -2.29. The number of morpholine rings is 1. The molecule has 5 rings (SSSR count). The molecule has 10 heteroatoms. The first-order chi connectivity index (χ1) is 16.8. The van der Waals surface area contributed by atoms with E-state index < -0.39 is 0 Å². The fraction of sp³-hybridized carbons (Fsp3) is 0.560. The van der Waals surface area contributed by atoms with Crippen molar-refractivity contribution < 1.29 is 9.53 Å². The summed E-state index contributed by atoms with van der Waals surface area (Å²) in [6, 6.07) is 4.97. The topological polar surface area (TPSA) is 73.8 Å². The van der Waals surface area contributed by atoms with E-state index in [1.54, 1.807) is 18.2 Å². The Bertz CT molecular complexity index is 1100. The van der Waals surface area contributed by atoms with Gasteiger partial charge in [-0.2, -0.15) is 4.98 Å². The quantitative estimate of drug-likeness (QED) is 0.645. The first kappa shape index (κ1) is 24.4. The number of halogens is 2. The zero-order chi connectivity index (χ0) is 24.6. The maximum atomic E-state index is 12.8. The normalized spacial score (nSPS) is 19.9. The minimum atomic E-state index is -0.136. The summed E-state index contributed by atoms with van der Waals surface area (Å²) in [4.78, 5) is 29.3. The number of piperazine rings is 1. The average Bonchev–Trinajstić information content (AvgIpc) is 2.85. The molecule has 2 fully saturated rings. The number of aromatic nitrogens is 2. The van der Waals surface area contributed by atoms with Gasteiger partial charge in [0.2, 0.25) is 5.95 Å². The van der Waals surface area contributed by atoms with Crippen molar-refractivity contribution in [3.05, 3.63) is 39.5 Å². The molecule has 0 radical (unpaired) electrons. The van der Waals surface area contributed by atoms with Gasteiger partial charge in [0.05, 0.1) is 29.0 Å². The van der Waals surface area contributed by atoms with Gasteiger partial charge in [0.15, 0.2) is 0 Å². The minimum absolute atomic E-state index is 0.136. The summed E-state index contributed by atoms with van der Waals surface area (Å²) in [6.45, 7) is 10.3. The largest absolute Gasteiger partial charge is 0.378 e. The van der Waals surface area contributed by atoms with Gasteiger partial charge in [-0.3, -0.25) is 0 Å². The van der Waals surface area contributed by atoms with E-state index in [1.165, 1.54) is 11.3 Å². The third-order valence-corrected chi connectivity index (χ3v) is 7.83. The Morgan fingerprint density at radius 3 is 2.46 bits per heavy atom. The van der Waals surface area contributed by atoms with Crippen LogP contribution >= 0.6 is 23.2 Å². The average molecular weight is 519 g/mol. The molecule has 1 aromatic carbocycles. The van der Waals surface area contributed by atoms with E-state index in [1.807, 2.05) is 4.90 Å². The lowest BCUT2D eigenvalue weighted by atomic mass is 9.76. The van der Waals surface area contributed by atoms with Gasteiger partial charge in [-0.25, -0.2) is 9.78 Å². The Labute approximate surface area is 216 Å². The van der Waals surface area contributed by atoms with Crippen molar-refractivity contribution >= 4 is 46.7 Å². The molecule has 8 nitrogen and oxygen atoms in total. The molecular weight excluding hydrogens is 487 g/mol. The molecular formula is C25H32Cl2N6O2. The maximum Gasteiger partial charge on any atom is 0.321 e. The summed E-state index contributed by atoms with van der Waals surface area (Å²) < 4.78 is 5.54. The van der Waals surface area contributed by atoms with E-state index >= 15 is 0 Å². The molecule has 0 saturated carbocycles. The molecule has 3 aliphatic rings. The van der Waals surface area contributed by atoms with E-state index in [0.717, 1.165) is 57.2 Å². The van der Waals surface area contributed by atoms with Gasteiger partial charge in [-0.1, -0.05) is 37.0 Å². The molecule has 2 amide bonds. The number of benzene rings is 1. The lowest BCUT2D eigenvalue weighted by Gasteiger charge is -2.39. The molecule has 1 aromatic heterocycles. The van der Waals surface area contributed by atoms with Crippen molar-refractivity contribution in [1.29, 1.82) is 0 Å². The summed E-state index contributed by atoms with van der Waals surface area (Å²) in [5.74, 6) is 1.84. The zero-order valence-electron chi connectivity index (χ0n) is 20.3. The van der Waals surface area contributed by atoms with Crippen LogP contribution in [0.1, 0.15) is 31.5 Å². The molecule has 0 unspecified atom stereocenters. The zero-order valence-corrected chi connectivity index (χ0v) is 21.8. The molecule has 2 saturated heterocycles. The molecule has 188 valence electrons. The standard InChI is InChI=1S/C25H32Cl2N6O2/c1-25(2)6-5-18-21(16-25)29-23(32-11-13-35-14-12-32)30-22(18)31-7-9-33(10-8-31)24(34)28-17-3-4-19(26)20(27)15-17/h3-4,15H,5-14,16H2,1-2H3,(H,28,34). The van der Waals surface area contributed by atoms with Crippen molar-refractivity contribution in [2.45, 2.75) is 33.1 Å². The molecule has 0 atom stereocenters. The van der Waals surface area contributed by atoms with Crippen LogP contribution in [0.15, 0.2) is 18.2 Å². The van der Waals surface area contributed by atoms with Crippen molar-refractivity contribution in [2.75, 3.05) is 67.6 Å². The number of nitrogens with one attached hydrogen (secondary N) is 1. The van der Waals surface area contributed by atoms with Gasteiger partial charge < -0.3 is 24.8 Å². The van der Waals surface area contributed by atoms with E-state index in [-0.39, 0.29) is 11.4 Å². The maximum absolute atomic E-state index is 12.8. The number of nitrogens with zero attached hydrogens (tertiary/aromatic N) is 5. The van der Waals surface area contributed by atoms with Crippen LogP contribution < -0.4 is 15.1 Å². The summed E-state index contributed by atoms with van der Waals surface area (Å²) in [5, 5.41) is 3.81. The van der Waals surface area contributed by atoms with Crippen LogP contribution in [-0.4, -0.2) is 73.4 Å². The molecule has 2 aliphatic heterocycles. The summed E-state index contributed by atoms with van der Waals surface area (Å²) >= 11 is 12.1. The number of hydrogen-bond donors (Lipinski definition) is 1. The number of hydrogen-bond acceptors (Lipinski definition) is 6. The molecule has 1 aliphatic carbocycles. The van der Waals surface area contributed by atoms with Crippen LogP contribution in [0.2, 0.25) is 10.0 Å². The van der Waals surface area contributed by atoms with E-state index in [4.69, 9.17) is 37.9 Å². The number of anilines is 3. The number of rotatable bonds is 3. The first-order valence-electron chi connectivity index (χ1n) is 12.3. The molecule has 0 bridgehead atoms. The van der Waals surface area contributed by atoms with E-state index in [0.29, 0.717) is 42.0 Å². The Morgan fingerprint density at radius 1 is 1.00 bits per heavy atom. The van der Waals surface area contributed by atoms with Crippen LogP contribution in [0.5, 0.6) is 0 Å². The van der Waals surface area contributed by atoms with Gasteiger partial charge in [0.1, 0.15) is 5.82 Å². The predicted molar refractivity (Wildman–Crippen MR) is 140 cm³/mol. The number of ether oxygens (including phenoxy) is 1. The van der Waals surface area contributed by atoms with Crippen LogP contribution in [0, 0.1) is 5.41 Å². The van der Waals surface area contributed by atoms with Crippen molar-refractivity contribution in [1.82, 2.24) is 14.9 Å². The minimum Gasteiger partial charge on any atom is -0.378 e. The molecule has 35 heavy (non-hydrogen) atoms. The highest BCUT2D eigenvalue weighted by Crippen LogP contribution is 2.38. The van der Waals surface area contributed by atoms with Gasteiger partial charge >= 0.3 is 6.03 Å². The van der Waals surface area contributed by atoms with Crippen LogP contribution in [-0.2, 0) is 17.6 Å². The summed E-state index contributed by atoms with van der Waals surface area (Å²) in [7, 11) is 0. The van der Waals surface area contributed by atoms with Crippen LogP contribution in [0.3, 0.4) is 0 Å². The van der Waals surface area contributed by atoms with Gasteiger partial charge in [0.25, 0.3) is 0 Å². The van der Waals surface area contributed by atoms with Crippen LogP contribution in [0.25, 0.3) is 0 Å². The number of carbonyl (C=O) groups is 1. The Balaban J connectivity index is 1.32. The lowest BCUT2D eigenvalue weighted by Crippen LogP contribution is -2.51. The molecule has 0 spiro atoms. The van der Waals surface area contributed by atoms with E-state index in [2.05, 4.69) is 29.0 Å². The Kier molecular flexibility index (Phi) is 6.97. The number of carbonyl (C=O) groups excluding carboxylic acids is 1. The van der Waals surface area contributed by atoms with Crippen molar-refractivity contribution in [3.63, 3.8) is 0 Å². The van der Waals surface area contributed by atoms with Crippen LogP contribution in [0.4, 0.5) is 22.2 Å². The number of amides is 2. The second-order valence-corrected chi connectivity index (χ2v) is 11.1. The van der Waals surface area contributed by atoms with Crippen molar-refractivity contribution in [3.8, 4) is 0 Å². The van der Waals surface area contributed by atoms with Crippen molar-refractivity contribution in [2.24, 2.45) is 5.41 Å². The third kappa shape index (κ3) is 5.44. The monoisotopic (exact) mass is 518 g/mol. The smallest absolute Gasteiger partial charge is 0.321 e.